The highest BCUT2D eigenvalue weighted by atomic mass is 16.6. The van der Waals surface area contributed by atoms with Gasteiger partial charge in [0.2, 0.25) is 0 Å². The highest BCUT2D eigenvalue weighted by Crippen LogP contribution is 2.27. The molecule has 0 atom stereocenters. The smallest absolute Gasteiger partial charge is 0.310 e. The Kier molecular flexibility index (Phi) is 5.20. The summed E-state index contributed by atoms with van der Waals surface area (Å²) in [4.78, 5) is 24.4. The lowest BCUT2D eigenvalue weighted by Crippen LogP contribution is -2.26. The van der Waals surface area contributed by atoms with E-state index in [1.165, 1.54) is 17.0 Å². The molecular formula is C18H18N4O5. The number of nitro groups is 1. The number of benzene rings is 1. The van der Waals surface area contributed by atoms with E-state index in [-0.39, 0.29) is 29.7 Å². The standard InChI is InChI=1S/C18H18N4O5/c1-20(11-13-9-10-21(2)19-13)18(23)17-8-7-14(27-17)12-26-16-6-4-3-5-15(16)22(24)25/h3-10H,11-12H2,1-2H3. The predicted molar refractivity (Wildman–Crippen MR) is 95.1 cm³/mol. The lowest BCUT2D eigenvalue weighted by molar-refractivity contribution is -0.386. The summed E-state index contributed by atoms with van der Waals surface area (Å²) in [6, 6.07) is 11.1. The fourth-order valence-electron chi connectivity index (χ4n) is 2.50. The summed E-state index contributed by atoms with van der Waals surface area (Å²) in [6.07, 6.45) is 1.80. The number of nitrogens with zero attached hydrogens (tertiary/aromatic N) is 4. The molecule has 0 N–H and O–H groups in total. The van der Waals surface area contributed by atoms with E-state index in [0.29, 0.717) is 12.3 Å². The Morgan fingerprint density at radius 2 is 2.07 bits per heavy atom. The minimum absolute atomic E-state index is 0.0257. The van der Waals surface area contributed by atoms with Gasteiger partial charge in [-0.25, -0.2) is 0 Å². The number of hydrogen-bond acceptors (Lipinski definition) is 6. The molecule has 9 heteroatoms. The molecule has 140 valence electrons. The molecule has 0 bridgehead atoms. The number of carbonyl (C=O) groups is 1. The van der Waals surface area contributed by atoms with Gasteiger partial charge < -0.3 is 14.1 Å². The quantitative estimate of drug-likeness (QED) is 0.468. The second-order valence-corrected chi connectivity index (χ2v) is 5.92. The minimum atomic E-state index is -0.515. The summed E-state index contributed by atoms with van der Waals surface area (Å²) in [5.41, 5.74) is 0.635. The van der Waals surface area contributed by atoms with Crippen molar-refractivity contribution in [3.05, 3.63) is 76.0 Å². The Morgan fingerprint density at radius 3 is 2.78 bits per heavy atom. The van der Waals surface area contributed by atoms with Crippen LogP contribution in [0, 0.1) is 10.1 Å². The highest BCUT2D eigenvalue weighted by Gasteiger charge is 2.18. The van der Waals surface area contributed by atoms with Crippen LogP contribution in [0.2, 0.25) is 0 Å². The van der Waals surface area contributed by atoms with Gasteiger partial charge in [0, 0.05) is 26.4 Å². The number of hydrogen-bond donors (Lipinski definition) is 0. The molecule has 0 aliphatic heterocycles. The summed E-state index contributed by atoms with van der Waals surface area (Å²) in [7, 11) is 3.46. The first kappa shape index (κ1) is 18.2. The molecule has 3 rings (SSSR count). The Labute approximate surface area is 154 Å². The molecule has 1 aromatic carbocycles. The number of aromatic nitrogens is 2. The summed E-state index contributed by atoms with van der Waals surface area (Å²) in [6.45, 7) is 0.324. The van der Waals surface area contributed by atoms with Crippen LogP contribution in [0.5, 0.6) is 5.75 Å². The first-order valence-corrected chi connectivity index (χ1v) is 8.13. The van der Waals surface area contributed by atoms with E-state index in [1.54, 1.807) is 49.2 Å². The van der Waals surface area contributed by atoms with Crippen molar-refractivity contribution in [2.24, 2.45) is 7.05 Å². The Bertz CT molecular complexity index is 962. The zero-order chi connectivity index (χ0) is 19.4. The lowest BCUT2D eigenvalue weighted by Gasteiger charge is -2.14. The average Bonchev–Trinajstić information content (AvgIpc) is 3.28. The summed E-state index contributed by atoms with van der Waals surface area (Å²) in [5, 5.41) is 15.2. The van der Waals surface area contributed by atoms with Gasteiger partial charge in [-0.3, -0.25) is 19.6 Å². The largest absolute Gasteiger partial charge is 0.479 e. The van der Waals surface area contributed by atoms with Crippen molar-refractivity contribution in [3.63, 3.8) is 0 Å². The molecule has 2 heterocycles. The SMILES string of the molecule is CN(Cc1ccn(C)n1)C(=O)c1ccc(COc2ccccc2[N+](=O)[O-])o1. The average molecular weight is 370 g/mol. The van der Waals surface area contributed by atoms with E-state index in [4.69, 9.17) is 9.15 Å². The number of carbonyl (C=O) groups excluding carboxylic acids is 1. The fraction of sp³-hybridized carbons (Fsp3) is 0.222. The maximum absolute atomic E-state index is 12.5. The van der Waals surface area contributed by atoms with E-state index in [9.17, 15) is 14.9 Å². The van der Waals surface area contributed by atoms with Crippen molar-refractivity contribution in [1.29, 1.82) is 0 Å². The molecule has 0 aliphatic rings. The van der Waals surface area contributed by atoms with Crippen LogP contribution in [0.1, 0.15) is 22.0 Å². The van der Waals surface area contributed by atoms with Gasteiger partial charge in [-0.1, -0.05) is 12.1 Å². The van der Waals surface area contributed by atoms with Gasteiger partial charge in [0.15, 0.2) is 11.5 Å². The van der Waals surface area contributed by atoms with Crippen LogP contribution in [0.25, 0.3) is 0 Å². The second kappa shape index (κ2) is 7.73. The first-order chi connectivity index (χ1) is 12.9. The fourth-order valence-corrected chi connectivity index (χ4v) is 2.50. The third-order valence-electron chi connectivity index (χ3n) is 3.82. The Balaban J connectivity index is 1.62. The van der Waals surface area contributed by atoms with Crippen molar-refractivity contribution in [2.45, 2.75) is 13.2 Å². The number of rotatable bonds is 7. The number of para-hydroxylation sites is 2. The van der Waals surface area contributed by atoms with Gasteiger partial charge in [0.1, 0.15) is 12.4 Å². The van der Waals surface area contributed by atoms with Crippen LogP contribution in [-0.4, -0.2) is 32.6 Å². The van der Waals surface area contributed by atoms with E-state index in [1.807, 2.05) is 6.07 Å². The molecule has 9 nitrogen and oxygen atoms in total. The van der Waals surface area contributed by atoms with Crippen molar-refractivity contribution < 1.29 is 18.9 Å². The van der Waals surface area contributed by atoms with Crippen LogP contribution in [0.3, 0.4) is 0 Å². The number of amides is 1. The van der Waals surface area contributed by atoms with E-state index < -0.39 is 4.92 Å². The third kappa shape index (κ3) is 4.32. The molecule has 0 saturated heterocycles. The van der Waals surface area contributed by atoms with Gasteiger partial charge >= 0.3 is 5.69 Å². The monoisotopic (exact) mass is 370 g/mol. The van der Waals surface area contributed by atoms with E-state index in [2.05, 4.69) is 5.10 Å². The van der Waals surface area contributed by atoms with E-state index >= 15 is 0 Å². The van der Waals surface area contributed by atoms with Gasteiger partial charge in [0.25, 0.3) is 5.91 Å². The van der Waals surface area contributed by atoms with Crippen molar-refractivity contribution in [3.8, 4) is 5.75 Å². The lowest BCUT2D eigenvalue weighted by atomic mass is 10.3. The predicted octanol–water partition coefficient (Wildman–Crippen LogP) is 2.77. The van der Waals surface area contributed by atoms with Crippen LogP contribution >= 0.6 is 0 Å². The number of ether oxygens (including phenoxy) is 1. The second-order valence-electron chi connectivity index (χ2n) is 5.92. The summed E-state index contributed by atoms with van der Waals surface area (Å²) in [5.74, 6) is 0.397. The summed E-state index contributed by atoms with van der Waals surface area (Å²) < 4.78 is 12.6. The zero-order valence-electron chi connectivity index (χ0n) is 14.9. The topological polar surface area (TPSA) is 104 Å². The zero-order valence-corrected chi connectivity index (χ0v) is 14.9. The van der Waals surface area contributed by atoms with Crippen LogP contribution < -0.4 is 4.74 Å². The highest BCUT2D eigenvalue weighted by molar-refractivity contribution is 5.91. The normalized spacial score (nSPS) is 10.6. The molecule has 0 spiro atoms. The molecule has 3 aromatic rings. The molecule has 0 radical (unpaired) electrons. The molecule has 2 aromatic heterocycles. The third-order valence-corrected chi connectivity index (χ3v) is 3.82. The maximum Gasteiger partial charge on any atom is 0.310 e. The van der Waals surface area contributed by atoms with Crippen LogP contribution in [0.15, 0.2) is 53.1 Å². The molecule has 27 heavy (non-hydrogen) atoms. The van der Waals surface area contributed by atoms with Crippen LogP contribution in [-0.2, 0) is 20.2 Å². The Morgan fingerprint density at radius 1 is 1.30 bits per heavy atom. The Hall–Kier alpha value is -3.62. The maximum atomic E-state index is 12.5. The van der Waals surface area contributed by atoms with Gasteiger partial charge in [-0.15, -0.1) is 0 Å². The number of nitro benzene ring substituents is 1. The van der Waals surface area contributed by atoms with Gasteiger partial charge in [-0.05, 0) is 24.3 Å². The van der Waals surface area contributed by atoms with Crippen molar-refractivity contribution in [1.82, 2.24) is 14.7 Å². The molecule has 1 amide bonds. The molecule has 0 aliphatic carbocycles. The minimum Gasteiger partial charge on any atom is -0.479 e. The van der Waals surface area contributed by atoms with Crippen LogP contribution in [0.4, 0.5) is 5.69 Å². The number of furan rings is 1. The van der Waals surface area contributed by atoms with E-state index in [0.717, 1.165) is 5.69 Å². The van der Waals surface area contributed by atoms with Gasteiger partial charge in [0.05, 0.1) is 17.2 Å². The van der Waals surface area contributed by atoms with Crippen molar-refractivity contribution >= 4 is 11.6 Å². The molecular weight excluding hydrogens is 352 g/mol. The molecule has 0 unspecified atom stereocenters. The molecule has 0 fully saturated rings. The molecule has 0 saturated carbocycles. The number of aryl methyl sites for hydroxylation is 1. The first-order valence-electron chi connectivity index (χ1n) is 8.13. The summed E-state index contributed by atoms with van der Waals surface area (Å²) >= 11 is 0. The van der Waals surface area contributed by atoms with Crippen molar-refractivity contribution in [2.75, 3.05) is 7.05 Å². The van der Waals surface area contributed by atoms with Gasteiger partial charge in [-0.2, -0.15) is 5.10 Å².